The van der Waals surface area contributed by atoms with Crippen LogP contribution in [0.2, 0.25) is 0 Å². The Bertz CT molecular complexity index is 286. The van der Waals surface area contributed by atoms with Gasteiger partial charge in [-0.2, -0.15) is 17.0 Å². The second-order valence-corrected chi connectivity index (χ2v) is 6.23. The normalized spacial score (nSPS) is 13.9. The van der Waals surface area contributed by atoms with Gasteiger partial charge in [-0.25, -0.2) is 0 Å². The van der Waals surface area contributed by atoms with Crippen molar-refractivity contribution in [2.75, 3.05) is 26.0 Å². The Balaban J connectivity index is 5.04. The van der Waals surface area contributed by atoms with E-state index in [1.165, 1.54) is 8.61 Å². The molecule has 0 saturated heterocycles. The molecule has 0 amide bonds. The van der Waals surface area contributed by atoms with E-state index in [4.69, 9.17) is 11.6 Å². The van der Waals surface area contributed by atoms with Crippen LogP contribution in [0.4, 0.5) is 0 Å². The van der Waals surface area contributed by atoms with E-state index in [1.54, 1.807) is 20.9 Å². The van der Waals surface area contributed by atoms with Crippen molar-refractivity contribution >= 4 is 21.8 Å². The summed E-state index contributed by atoms with van der Waals surface area (Å²) in [5.74, 6) is 0.268. The molecule has 0 heterocycles. The van der Waals surface area contributed by atoms with Crippen LogP contribution in [0.5, 0.6) is 0 Å². The summed E-state index contributed by atoms with van der Waals surface area (Å²) < 4.78 is 26.9. The molecule has 0 aliphatic carbocycles. The Morgan fingerprint density at radius 1 is 1.20 bits per heavy atom. The molecule has 0 aromatic heterocycles. The lowest BCUT2D eigenvalue weighted by atomic mass is 10.1. The molecule has 15 heavy (non-hydrogen) atoms. The maximum absolute atomic E-state index is 12.1. The molecular weight excluding hydrogens is 236 g/mol. The molecule has 6 heteroatoms. The Morgan fingerprint density at radius 2 is 1.60 bits per heavy atom. The summed E-state index contributed by atoms with van der Waals surface area (Å²) in [5, 5.41) is 0. The van der Waals surface area contributed by atoms with Gasteiger partial charge in [-0.05, 0) is 13.8 Å². The molecule has 92 valence electrons. The van der Waals surface area contributed by atoms with Crippen LogP contribution in [0.25, 0.3) is 0 Å². The SMILES string of the molecule is CCN(CC)S(=O)(=O)N(C)C(C)(C)CCl. The lowest BCUT2D eigenvalue weighted by Gasteiger charge is -2.36. The van der Waals surface area contributed by atoms with Crippen LogP contribution in [0, 0.1) is 0 Å². The van der Waals surface area contributed by atoms with E-state index >= 15 is 0 Å². The molecular formula is C9H21ClN2O2S. The summed E-state index contributed by atoms with van der Waals surface area (Å²) in [6.45, 7) is 8.20. The monoisotopic (exact) mass is 256 g/mol. The van der Waals surface area contributed by atoms with Crippen molar-refractivity contribution in [1.29, 1.82) is 0 Å². The number of nitrogens with zero attached hydrogens (tertiary/aromatic N) is 2. The molecule has 0 spiro atoms. The molecule has 0 N–H and O–H groups in total. The predicted octanol–water partition coefficient (Wildman–Crippen LogP) is 1.52. The first kappa shape index (κ1) is 15.2. The molecule has 0 aromatic rings. The lowest BCUT2D eigenvalue weighted by molar-refractivity contribution is 0.269. The molecule has 0 atom stereocenters. The topological polar surface area (TPSA) is 40.6 Å². The van der Waals surface area contributed by atoms with Gasteiger partial charge in [0.1, 0.15) is 0 Å². The predicted molar refractivity (Wildman–Crippen MR) is 64.4 cm³/mol. The summed E-state index contributed by atoms with van der Waals surface area (Å²) >= 11 is 5.76. The van der Waals surface area contributed by atoms with Gasteiger partial charge in [0, 0.05) is 31.6 Å². The highest BCUT2D eigenvalue weighted by atomic mass is 35.5. The minimum atomic E-state index is -3.39. The summed E-state index contributed by atoms with van der Waals surface area (Å²) in [6, 6.07) is 0. The third kappa shape index (κ3) is 3.31. The minimum absolute atomic E-state index is 0.268. The molecule has 0 radical (unpaired) electrons. The molecule has 0 aromatic carbocycles. The third-order valence-corrected chi connectivity index (χ3v) is 5.57. The van der Waals surface area contributed by atoms with Crippen LogP contribution < -0.4 is 0 Å². The summed E-state index contributed by atoms with van der Waals surface area (Å²) in [7, 11) is -1.82. The second-order valence-electron chi connectivity index (χ2n) is 4.01. The first-order valence-electron chi connectivity index (χ1n) is 5.04. The molecule has 0 unspecified atom stereocenters. The van der Waals surface area contributed by atoms with E-state index in [0.29, 0.717) is 13.1 Å². The summed E-state index contributed by atoms with van der Waals surface area (Å²) in [6.07, 6.45) is 0. The quantitative estimate of drug-likeness (QED) is 0.676. The molecule has 0 aliphatic rings. The van der Waals surface area contributed by atoms with Gasteiger partial charge in [0.15, 0.2) is 0 Å². The maximum Gasteiger partial charge on any atom is 0.282 e. The van der Waals surface area contributed by atoms with Crippen molar-refractivity contribution in [3.05, 3.63) is 0 Å². The van der Waals surface area contributed by atoms with E-state index < -0.39 is 15.7 Å². The van der Waals surface area contributed by atoms with Gasteiger partial charge in [-0.1, -0.05) is 13.8 Å². The molecule has 0 rings (SSSR count). The average Bonchev–Trinajstić information content (AvgIpc) is 2.18. The fraction of sp³-hybridized carbons (Fsp3) is 1.00. The smallest absolute Gasteiger partial charge is 0.195 e. The first-order valence-corrected chi connectivity index (χ1v) is 6.97. The van der Waals surface area contributed by atoms with E-state index in [9.17, 15) is 8.42 Å². The minimum Gasteiger partial charge on any atom is -0.195 e. The van der Waals surface area contributed by atoms with Crippen LogP contribution in [-0.4, -0.2) is 48.6 Å². The van der Waals surface area contributed by atoms with Crippen LogP contribution in [0.15, 0.2) is 0 Å². The Hall–Kier alpha value is 0.160. The van der Waals surface area contributed by atoms with Crippen molar-refractivity contribution < 1.29 is 8.42 Å². The van der Waals surface area contributed by atoms with E-state index in [-0.39, 0.29) is 5.88 Å². The van der Waals surface area contributed by atoms with Gasteiger partial charge in [0.2, 0.25) is 0 Å². The molecule has 0 fully saturated rings. The van der Waals surface area contributed by atoms with E-state index in [0.717, 1.165) is 0 Å². The average molecular weight is 257 g/mol. The molecule has 0 bridgehead atoms. The third-order valence-electron chi connectivity index (χ3n) is 2.56. The zero-order valence-electron chi connectivity index (χ0n) is 10.1. The van der Waals surface area contributed by atoms with Crippen molar-refractivity contribution in [2.45, 2.75) is 33.2 Å². The van der Waals surface area contributed by atoms with Gasteiger partial charge in [0.05, 0.1) is 0 Å². The highest BCUT2D eigenvalue weighted by molar-refractivity contribution is 7.86. The van der Waals surface area contributed by atoms with Crippen LogP contribution in [0.3, 0.4) is 0 Å². The fourth-order valence-corrected chi connectivity index (χ4v) is 3.06. The zero-order valence-corrected chi connectivity index (χ0v) is 11.7. The van der Waals surface area contributed by atoms with Gasteiger partial charge in [-0.15, -0.1) is 11.6 Å². The number of alkyl halides is 1. The van der Waals surface area contributed by atoms with Crippen LogP contribution >= 0.6 is 11.6 Å². The molecule has 0 aliphatic heterocycles. The summed E-state index contributed by atoms with van der Waals surface area (Å²) in [5.41, 5.74) is -0.566. The largest absolute Gasteiger partial charge is 0.282 e. The van der Waals surface area contributed by atoms with Crippen LogP contribution in [-0.2, 0) is 10.2 Å². The van der Waals surface area contributed by atoms with Crippen molar-refractivity contribution in [2.24, 2.45) is 0 Å². The zero-order chi connectivity index (χ0) is 12.3. The second kappa shape index (κ2) is 5.48. The number of rotatable bonds is 6. The Kier molecular flexibility index (Phi) is 5.54. The van der Waals surface area contributed by atoms with Gasteiger partial charge >= 0.3 is 0 Å². The first-order chi connectivity index (χ1) is 6.73. The Morgan fingerprint density at radius 3 is 1.87 bits per heavy atom. The standard InChI is InChI=1S/C9H21ClN2O2S/c1-6-12(7-2)15(13,14)11(5)9(3,4)8-10/h6-8H2,1-5H3. The van der Waals surface area contributed by atoms with Crippen molar-refractivity contribution in [1.82, 2.24) is 8.61 Å². The maximum atomic E-state index is 12.1. The highest BCUT2D eigenvalue weighted by Crippen LogP contribution is 2.20. The highest BCUT2D eigenvalue weighted by Gasteiger charge is 2.35. The molecule has 4 nitrogen and oxygen atoms in total. The lowest BCUT2D eigenvalue weighted by Crippen LogP contribution is -2.52. The van der Waals surface area contributed by atoms with Gasteiger partial charge < -0.3 is 0 Å². The number of hydrogen-bond donors (Lipinski definition) is 0. The number of hydrogen-bond acceptors (Lipinski definition) is 2. The van der Waals surface area contributed by atoms with Gasteiger partial charge in [0.25, 0.3) is 10.2 Å². The molecule has 0 saturated carbocycles. The number of halogens is 1. The van der Waals surface area contributed by atoms with Gasteiger partial charge in [-0.3, -0.25) is 0 Å². The van der Waals surface area contributed by atoms with Crippen LogP contribution in [0.1, 0.15) is 27.7 Å². The Labute approximate surface area is 98.4 Å². The summed E-state index contributed by atoms with van der Waals surface area (Å²) in [4.78, 5) is 0. The van der Waals surface area contributed by atoms with Crippen molar-refractivity contribution in [3.8, 4) is 0 Å². The van der Waals surface area contributed by atoms with E-state index in [1.807, 2.05) is 13.8 Å². The van der Waals surface area contributed by atoms with E-state index in [2.05, 4.69) is 0 Å². The van der Waals surface area contributed by atoms with Crippen molar-refractivity contribution in [3.63, 3.8) is 0 Å². The fourth-order valence-electron chi connectivity index (χ4n) is 1.12.